The van der Waals surface area contributed by atoms with Gasteiger partial charge < -0.3 is 10.0 Å². The molecule has 1 N–H and O–H groups in total. The highest BCUT2D eigenvalue weighted by atomic mass is 16.3. The van der Waals surface area contributed by atoms with Crippen LogP contribution in [0.15, 0.2) is 0 Å². The van der Waals surface area contributed by atoms with Gasteiger partial charge in [0.05, 0.1) is 0 Å². The molecule has 2 unspecified atom stereocenters. The zero-order valence-corrected chi connectivity index (χ0v) is 8.41. The maximum atomic E-state index is 11.8. The van der Waals surface area contributed by atoms with Crippen molar-refractivity contribution in [1.82, 2.24) is 4.90 Å². The molecule has 3 aliphatic rings. The van der Waals surface area contributed by atoms with Crippen LogP contribution in [0.5, 0.6) is 0 Å². The first-order chi connectivity index (χ1) is 6.69. The number of fused-ring (bicyclic) bond motifs is 1. The molecule has 1 aliphatic heterocycles. The fraction of sp³-hybridized carbons (Fsp3) is 0.909. The normalized spacial score (nSPS) is 38.5. The summed E-state index contributed by atoms with van der Waals surface area (Å²) < 4.78 is 0. The van der Waals surface area contributed by atoms with E-state index in [0.717, 1.165) is 24.9 Å². The zero-order valence-electron chi connectivity index (χ0n) is 8.41. The van der Waals surface area contributed by atoms with Crippen LogP contribution < -0.4 is 0 Å². The number of carbonyl (C=O) groups is 1. The summed E-state index contributed by atoms with van der Waals surface area (Å²) in [5.41, 5.74) is -0.946. The summed E-state index contributed by atoms with van der Waals surface area (Å²) in [4.78, 5) is 13.7. The molecule has 1 heterocycles. The summed E-state index contributed by atoms with van der Waals surface area (Å²) in [6, 6.07) is 0. The molecule has 0 aromatic carbocycles. The van der Waals surface area contributed by atoms with Crippen molar-refractivity contribution < 1.29 is 9.90 Å². The Morgan fingerprint density at radius 2 is 1.79 bits per heavy atom. The summed E-state index contributed by atoms with van der Waals surface area (Å²) >= 11 is 0. The van der Waals surface area contributed by atoms with Crippen molar-refractivity contribution in [3.05, 3.63) is 0 Å². The summed E-state index contributed by atoms with van der Waals surface area (Å²) in [6.07, 6.45) is 5.26. The molecular formula is C11H17NO2. The molecule has 1 amide bonds. The first kappa shape index (κ1) is 8.72. The molecule has 0 spiro atoms. The first-order valence-corrected chi connectivity index (χ1v) is 5.71. The van der Waals surface area contributed by atoms with E-state index in [1.807, 2.05) is 4.90 Å². The third kappa shape index (κ3) is 1.18. The monoisotopic (exact) mass is 195 g/mol. The van der Waals surface area contributed by atoms with Crippen LogP contribution >= 0.6 is 0 Å². The van der Waals surface area contributed by atoms with E-state index in [1.165, 1.54) is 19.3 Å². The van der Waals surface area contributed by atoms with Crippen molar-refractivity contribution in [3.63, 3.8) is 0 Å². The Morgan fingerprint density at radius 3 is 2.29 bits per heavy atom. The van der Waals surface area contributed by atoms with E-state index in [9.17, 15) is 9.90 Å². The molecule has 0 bridgehead atoms. The average Bonchev–Trinajstić information content (AvgIpc) is 2.63. The van der Waals surface area contributed by atoms with Crippen LogP contribution in [0.2, 0.25) is 0 Å². The van der Waals surface area contributed by atoms with Crippen LogP contribution in [-0.2, 0) is 4.79 Å². The third-order valence-electron chi connectivity index (χ3n) is 4.14. The molecule has 2 atom stereocenters. The summed E-state index contributed by atoms with van der Waals surface area (Å²) in [6.45, 7) is 1.82. The smallest absolute Gasteiger partial charge is 0.254 e. The molecule has 1 saturated heterocycles. The molecule has 0 aromatic heterocycles. The van der Waals surface area contributed by atoms with Crippen molar-refractivity contribution in [2.24, 2.45) is 11.8 Å². The third-order valence-corrected chi connectivity index (χ3v) is 4.14. The second-order valence-electron chi connectivity index (χ2n) is 5.19. The highest BCUT2D eigenvalue weighted by molar-refractivity contribution is 5.88. The lowest BCUT2D eigenvalue weighted by Crippen LogP contribution is -2.39. The Balaban J connectivity index is 1.68. The van der Waals surface area contributed by atoms with Gasteiger partial charge in [-0.25, -0.2) is 0 Å². The Morgan fingerprint density at radius 1 is 1.21 bits per heavy atom. The van der Waals surface area contributed by atoms with Gasteiger partial charge in [0.1, 0.15) is 5.60 Å². The maximum Gasteiger partial charge on any atom is 0.254 e. The van der Waals surface area contributed by atoms with Crippen molar-refractivity contribution in [1.29, 1.82) is 0 Å². The lowest BCUT2D eigenvalue weighted by Gasteiger charge is -2.20. The van der Waals surface area contributed by atoms with E-state index < -0.39 is 5.60 Å². The topological polar surface area (TPSA) is 40.5 Å². The van der Waals surface area contributed by atoms with E-state index in [2.05, 4.69) is 0 Å². The van der Waals surface area contributed by atoms with Gasteiger partial charge in [0.15, 0.2) is 0 Å². The van der Waals surface area contributed by atoms with Crippen LogP contribution in [-0.4, -0.2) is 34.6 Å². The van der Waals surface area contributed by atoms with Crippen molar-refractivity contribution in [2.75, 3.05) is 13.1 Å². The number of rotatable bonds is 1. The standard InChI is InChI=1S/C11H17NO2/c13-10(11(14)4-5-11)12-6-8-2-1-3-9(8)7-12/h8-9,14H,1-7H2. The molecule has 3 nitrogen and oxygen atoms in total. The van der Waals surface area contributed by atoms with Crippen molar-refractivity contribution in [2.45, 2.75) is 37.7 Å². The first-order valence-electron chi connectivity index (χ1n) is 5.71. The van der Waals surface area contributed by atoms with Crippen molar-refractivity contribution >= 4 is 5.91 Å². The van der Waals surface area contributed by atoms with Gasteiger partial charge in [-0.2, -0.15) is 0 Å². The quantitative estimate of drug-likeness (QED) is 0.671. The number of hydrogen-bond acceptors (Lipinski definition) is 2. The van der Waals surface area contributed by atoms with Gasteiger partial charge in [-0.05, 0) is 37.5 Å². The second-order valence-corrected chi connectivity index (χ2v) is 5.19. The number of nitrogens with zero attached hydrogens (tertiary/aromatic N) is 1. The van der Waals surface area contributed by atoms with Gasteiger partial charge >= 0.3 is 0 Å². The number of hydrogen-bond donors (Lipinski definition) is 1. The Bertz CT molecular complexity index is 260. The number of likely N-dealkylation sites (tertiary alicyclic amines) is 1. The molecular weight excluding hydrogens is 178 g/mol. The number of amides is 1. The van der Waals surface area contributed by atoms with E-state index in [0.29, 0.717) is 12.8 Å². The molecule has 14 heavy (non-hydrogen) atoms. The minimum atomic E-state index is -0.946. The summed E-state index contributed by atoms with van der Waals surface area (Å²) in [7, 11) is 0. The molecule has 3 heteroatoms. The van der Waals surface area contributed by atoms with Crippen molar-refractivity contribution in [3.8, 4) is 0 Å². The predicted molar refractivity (Wildman–Crippen MR) is 51.6 cm³/mol. The highest BCUT2D eigenvalue weighted by Crippen LogP contribution is 2.42. The lowest BCUT2D eigenvalue weighted by molar-refractivity contribution is -0.141. The molecule has 0 aromatic rings. The Hall–Kier alpha value is -0.570. The molecule has 2 saturated carbocycles. The second kappa shape index (κ2) is 2.72. The fourth-order valence-corrected chi connectivity index (χ4v) is 3.03. The van der Waals surface area contributed by atoms with Gasteiger partial charge in [-0.3, -0.25) is 4.79 Å². The molecule has 78 valence electrons. The minimum Gasteiger partial charge on any atom is -0.380 e. The number of carbonyl (C=O) groups excluding carboxylic acids is 1. The van der Waals surface area contributed by atoms with Gasteiger partial charge in [-0.1, -0.05) is 6.42 Å². The Labute approximate surface area is 84.1 Å². The van der Waals surface area contributed by atoms with Gasteiger partial charge in [0.2, 0.25) is 0 Å². The molecule has 3 rings (SSSR count). The lowest BCUT2D eigenvalue weighted by atomic mass is 10.0. The van der Waals surface area contributed by atoms with E-state index >= 15 is 0 Å². The van der Waals surface area contributed by atoms with Crippen LogP contribution in [0.4, 0.5) is 0 Å². The zero-order chi connectivity index (χ0) is 9.76. The predicted octanol–water partition coefficient (Wildman–Crippen LogP) is 0.770. The maximum absolute atomic E-state index is 11.8. The van der Waals surface area contributed by atoms with Gasteiger partial charge in [0.25, 0.3) is 5.91 Å². The summed E-state index contributed by atoms with van der Waals surface area (Å²) in [5, 5.41) is 9.73. The summed E-state index contributed by atoms with van der Waals surface area (Å²) in [5.74, 6) is 1.48. The van der Waals surface area contributed by atoms with Gasteiger partial charge in [-0.15, -0.1) is 0 Å². The SMILES string of the molecule is O=C(N1CC2CCCC2C1)C1(O)CC1. The van der Waals surface area contributed by atoms with E-state index in [1.54, 1.807) is 0 Å². The largest absolute Gasteiger partial charge is 0.380 e. The molecule has 3 fully saturated rings. The van der Waals surface area contributed by atoms with E-state index in [-0.39, 0.29) is 5.91 Å². The fourth-order valence-electron chi connectivity index (χ4n) is 3.03. The van der Waals surface area contributed by atoms with Gasteiger partial charge in [0, 0.05) is 13.1 Å². The van der Waals surface area contributed by atoms with Crippen LogP contribution in [0, 0.1) is 11.8 Å². The van der Waals surface area contributed by atoms with Crippen LogP contribution in [0.25, 0.3) is 0 Å². The average molecular weight is 195 g/mol. The highest BCUT2D eigenvalue weighted by Gasteiger charge is 2.52. The van der Waals surface area contributed by atoms with E-state index in [4.69, 9.17) is 0 Å². The minimum absolute atomic E-state index is 0.00639. The number of aliphatic hydroxyl groups is 1. The molecule has 0 radical (unpaired) electrons. The Kier molecular flexibility index (Phi) is 1.69. The van der Waals surface area contributed by atoms with Crippen LogP contribution in [0.3, 0.4) is 0 Å². The van der Waals surface area contributed by atoms with Crippen LogP contribution in [0.1, 0.15) is 32.1 Å². The molecule has 2 aliphatic carbocycles.